The lowest BCUT2D eigenvalue weighted by Gasteiger charge is -2.57. The molecule has 12 rings (SSSR count). The van der Waals surface area contributed by atoms with Crippen LogP contribution in [0.25, 0.3) is 54.9 Å². The molecule has 270 valence electrons. The first kappa shape index (κ1) is 32.3. The van der Waals surface area contributed by atoms with Crippen LogP contribution in [0.2, 0.25) is 0 Å². The zero-order valence-corrected chi connectivity index (χ0v) is 31.7. The maximum Gasteiger partial charge on any atom is 0.0543 e. The summed E-state index contributed by atoms with van der Waals surface area (Å²) < 4.78 is 0. The van der Waals surface area contributed by atoms with Crippen molar-refractivity contribution in [3.8, 4) is 33.4 Å². The minimum absolute atomic E-state index is 0.0953. The Morgan fingerprint density at radius 3 is 2.07 bits per heavy atom. The number of nitrogens with zero attached hydrogens (tertiary/aromatic N) is 1. The highest BCUT2D eigenvalue weighted by atomic mass is 15.1. The fourth-order valence-electron chi connectivity index (χ4n) is 12.3. The van der Waals surface area contributed by atoms with Crippen LogP contribution in [0.3, 0.4) is 0 Å². The van der Waals surface area contributed by atoms with Gasteiger partial charge in [-0.25, -0.2) is 0 Å². The smallest absolute Gasteiger partial charge is 0.0543 e. The molecule has 0 amide bonds. The number of hydrogen-bond donors (Lipinski definition) is 0. The Kier molecular flexibility index (Phi) is 7.25. The third kappa shape index (κ3) is 4.80. The molecular formula is C55H45N. The van der Waals surface area contributed by atoms with Gasteiger partial charge in [-0.05, 0) is 141 Å². The highest BCUT2D eigenvalue weighted by molar-refractivity contribution is 6.08. The molecule has 5 atom stereocenters. The lowest BCUT2D eigenvalue weighted by molar-refractivity contribution is -0.0103. The third-order valence-corrected chi connectivity index (χ3v) is 14.6. The molecular weight excluding hydrogens is 675 g/mol. The monoisotopic (exact) mass is 719 g/mol. The van der Waals surface area contributed by atoms with E-state index in [2.05, 4.69) is 181 Å². The molecule has 3 saturated carbocycles. The summed E-state index contributed by atoms with van der Waals surface area (Å²) in [6, 6.07) is 66.3. The van der Waals surface area contributed by atoms with E-state index in [1.807, 2.05) is 0 Å². The van der Waals surface area contributed by atoms with E-state index in [4.69, 9.17) is 0 Å². The van der Waals surface area contributed by atoms with Crippen LogP contribution >= 0.6 is 0 Å². The number of benzene rings is 8. The summed E-state index contributed by atoms with van der Waals surface area (Å²) in [5.41, 5.74) is 14.8. The Labute approximate surface area is 330 Å². The van der Waals surface area contributed by atoms with Crippen LogP contribution in [0.4, 0.5) is 17.1 Å². The van der Waals surface area contributed by atoms with Gasteiger partial charge in [0.15, 0.2) is 0 Å². The Balaban J connectivity index is 1.04. The number of rotatable bonds is 5. The van der Waals surface area contributed by atoms with Crippen molar-refractivity contribution in [1.82, 2.24) is 0 Å². The van der Waals surface area contributed by atoms with Gasteiger partial charge in [-0.15, -0.1) is 0 Å². The molecule has 3 fully saturated rings. The quantitative estimate of drug-likeness (QED) is 0.160. The molecule has 1 nitrogen and oxygen atoms in total. The highest BCUT2D eigenvalue weighted by Crippen LogP contribution is 2.67. The summed E-state index contributed by atoms with van der Waals surface area (Å²) in [5, 5.41) is 5.17. The normalized spacial score (nSPS) is 23.0. The van der Waals surface area contributed by atoms with E-state index in [1.54, 1.807) is 11.1 Å². The molecule has 0 saturated heterocycles. The second-order valence-electron chi connectivity index (χ2n) is 17.3. The molecule has 56 heavy (non-hydrogen) atoms. The SMILES string of the molecule is c1ccc(-c2ccccc2N(c2ccc(-c3ccc4c(ccc5ccccc54)c3)cc2)c2cccc3c2-c2ccccc2C32CC3CCC4CC3CC2C4)cc1. The number of anilines is 3. The van der Waals surface area contributed by atoms with E-state index in [1.165, 1.54) is 111 Å². The largest absolute Gasteiger partial charge is 0.309 e. The predicted molar refractivity (Wildman–Crippen MR) is 235 cm³/mol. The number of fused-ring (bicyclic) bond motifs is 11. The fourth-order valence-corrected chi connectivity index (χ4v) is 12.3. The molecule has 0 N–H and O–H groups in total. The van der Waals surface area contributed by atoms with Gasteiger partial charge in [-0.1, -0.05) is 152 Å². The van der Waals surface area contributed by atoms with Crippen molar-refractivity contribution in [2.75, 3.05) is 4.90 Å². The Bertz CT molecular complexity index is 2800. The molecule has 0 radical (unpaired) electrons. The van der Waals surface area contributed by atoms with Gasteiger partial charge in [0.05, 0.1) is 11.4 Å². The van der Waals surface area contributed by atoms with Crippen molar-refractivity contribution in [2.24, 2.45) is 23.7 Å². The maximum absolute atomic E-state index is 2.58. The summed E-state index contributed by atoms with van der Waals surface area (Å²) in [7, 11) is 0. The average Bonchev–Trinajstić information content (AvgIpc) is 3.55. The summed E-state index contributed by atoms with van der Waals surface area (Å²) in [4.78, 5) is 2.58. The first-order chi connectivity index (χ1) is 27.7. The second-order valence-corrected chi connectivity index (χ2v) is 17.3. The molecule has 4 aliphatic carbocycles. The van der Waals surface area contributed by atoms with Crippen molar-refractivity contribution < 1.29 is 0 Å². The second kappa shape index (κ2) is 12.6. The van der Waals surface area contributed by atoms with E-state index < -0.39 is 0 Å². The third-order valence-electron chi connectivity index (χ3n) is 14.6. The van der Waals surface area contributed by atoms with Gasteiger partial charge in [0, 0.05) is 22.2 Å². The van der Waals surface area contributed by atoms with Crippen molar-refractivity contribution in [3.63, 3.8) is 0 Å². The first-order valence-electron chi connectivity index (χ1n) is 20.9. The number of para-hydroxylation sites is 1. The van der Waals surface area contributed by atoms with Crippen LogP contribution in [-0.2, 0) is 5.41 Å². The van der Waals surface area contributed by atoms with Gasteiger partial charge in [0.1, 0.15) is 0 Å². The molecule has 5 unspecified atom stereocenters. The van der Waals surface area contributed by atoms with Crippen LogP contribution in [0.5, 0.6) is 0 Å². The van der Waals surface area contributed by atoms with Crippen molar-refractivity contribution in [3.05, 3.63) is 187 Å². The van der Waals surface area contributed by atoms with Crippen LogP contribution in [-0.4, -0.2) is 0 Å². The van der Waals surface area contributed by atoms with Gasteiger partial charge in [-0.3, -0.25) is 0 Å². The first-order valence-corrected chi connectivity index (χ1v) is 20.9. The molecule has 8 aromatic carbocycles. The lowest BCUT2D eigenvalue weighted by atomic mass is 9.47. The fraction of sp³-hybridized carbons (Fsp3) is 0.200. The Hall–Kier alpha value is -5.92. The summed E-state index contributed by atoms with van der Waals surface area (Å²) in [5.74, 6) is 3.37. The summed E-state index contributed by atoms with van der Waals surface area (Å²) in [6.45, 7) is 0. The number of hydrogen-bond acceptors (Lipinski definition) is 1. The van der Waals surface area contributed by atoms with Crippen molar-refractivity contribution in [1.29, 1.82) is 0 Å². The van der Waals surface area contributed by atoms with Crippen molar-refractivity contribution in [2.45, 2.75) is 43.9 Å². The highest BCUT2D eigenvalue weighted by Gasteiger charge is 2.57. The zero-order valence-electron chi connectivity index (χ0n) is 31.7. The molecule has 8 aromatic rings. The van der Waals surface area contributed by atoms with Gasteiger partial charge in [0.25, 0.3) is 0 Å². The predicted octanol–water partition coefficient (Wildman–Crippen LogP) is 14.9. The topological polar surface area (TPSA) is 3.24 Å². The van der Waals surface area contributed by atoms with E-state index in [9.17, 15) is 0 Å². The molecule has 0 aromatic heterocycles. The molecule has 0 aliphatic heterocycles. The van der Waals surface area contributed by atoms with Crippen molar-refractivity contribution >= 4 is 38.6 Å². The minimum Gasteiger partial charge on any atom is -0.309 e. The standard InChI is InChI=1S/C55H45N/c1-2-11-38(12-3-1)48-15-7-9-19-52(48)56(45-28-25-37(26-29-45)40-27-30-47-41(33-40)24-23-39-13-4-5-14-46(39)47)53-20-10-18-51-54(53)49-16-6-8-17-50(49)55(51)35-42-22-21-36-31-43(42)34-44(55)32-36/h1-20,23-30,33,36,42-44H,21-22,31-32,34-35H2. The summed E-state index contributed by atoms with van der Waals surface area (Å²) >= 11 is 0. The average molecular weight is 720 g/mol. The molecule has 3 bridgehead atoms. The zero-order chi connectivity index (χ0) is 36.8. The van der Waals surface area contributed by atoms with Gasteiger partial charge in [0.2, 0.25) is 0 Å². The molecule has 1 heteroatoms. The Morgan fingerprint density at radius 1 is 0.446 bits per heavy atom. The molecule has 0 heterocycles. The summed E-state index contributed by atoms with van der Waals surface area (Å²) in [6.07, 6.45) is 8.41. The van der Waals surface area contributed by atoms with Crippen LogP contribution in [0, 0.1) is 23.7 Å². The van der Waals surface area contributed by atoms with E-state index in [0.717, 1.165) is 17.8 Å². The van der Waals surface area contributed by atoms with Crippen LogP contribution < -0.4 is 4.90 Å². The van der Waals surface area contributed by atoms with Crippen LogP contribution in [0.15, 0.2) is 176 Å². The molecule has 4 aliphatic rings. The van der Waals surface area contributed by atoms with Gasteiger partial charge >= 0.3 is 0 Å². The van der Waals surface area contributed by atoms with Crippen LogP contribution in [0.1, 0.15) is 49.7 Å². The maximum atomic E-state index is 2.58. The lowest BCUT2D eigenvalue weighted by Crippen LogP contribution is -2.50. The minimum atomic E-state index is 0.0953. The van der Waals surface area contributed by atoms with Gasteiger partial charge in [-0.2, -0.15) is 0 Å². The van der Waals surface area contributed by atoms with E-state index >= 15 is 0 Å². The van der Waals surface area contributed by atoms with E-state index in [0.29, 0.717) is 5.92 Å². The Morgan fingerprint density at radius 2 is 1.16 bits per heavy atom. The van der Waals surface area contributed by atoms with Gasteiger partial charge < -0.3 is 4.90 Å². The van der Waals surface area contributed by atoms with E-state index in [-0.39, 0.29) is 5.41 Å². The molecule has 1 spiro atoms.